The van der Waals surface area contributed by atoms with Crippen LogP contribution >= 0.6 is 11.8 Å². The molecule has 0 bridgehead atoms. The lowest BCUT2D eigenvalue weighted by atomic mass is 10.0. The van der Waals surface area contributed by atoms with Crippen LogP contribution in [0.15, 0.2) is 34.2 Å². The molecule has 2 heterocycles. The van der Waals surface area contributed by atoms with E-state index < -0.39 is 0 Å². The lowest BCUT2D eigenvalue weighted by Gasteiger charge is -2.30. The zero-order valence-electron chi connectivity index (χ0n) is 17.6. The van der Waals surface area contributed by atoms with Gasteiger partial charge in [0, 0.05) is 26.2 Å². The Labute approximate surface area is 176 Å². The number of hydrogen-bond acceptors (Lipinski definition) is 5. The van der Waals surface area contributed by atoms with Gasteiger partial charge in [-0.05, 0) is 51.2 Å². The molecular weight excluding hydrogens is 386 g/mol. The van der Waals surface area contributed by atoms with E-state index in [0.717, 1.165) is 25.9 Å². The minimum absolute atomic E-state index is 0.0540. The van der Waals surface area contributed by atoms with Crippen molar-refractivity contribution < 1.29 is 9.53 Å². The molecule has 29 heavy (non-hydrogen) atoms. The Kier molecular flexibility index (Phi) is 7.72. The first kappa shape index (κ1) is 21.8. The third kappa shape index (κ3) is 5.82. The molecule has 2 aromatic rings. The highest BCUT2D eigenvalue weighted by molar-refractivity contribution is 7.99. The highest BCUT2D eigenvalue weighted by Gasteiger charge is 2.22. The number of piperidine rings is 1. The second-order valence-electron chi connectivity index (χ2n) is 8.02. The van der Waals surface area contributed by atoms with Gasteiger partial charge in [0.1, 0.15) is 0 Å². The molecule has 3 rings (SSSR count). The molecule has 1 saturated heterocycles. The maximum absolute atomic E-state index is 13.0. The number of ether oxygens (including phenoxy) is 1. The molecule has 6 nitrogen and oxygen atoms in total. The molecule has 1 amide bonds. The Balaban J connectivity index is 1.76. The zero-order chi connectivity index (χ0) is 20.8. The van der Waals surface area contributed by atoms with E-state index in [1.54, 1.807) is 10.6 Å². The maximum atomic E-state index is 13.0. The number of hydrogen-bond donors (Lipinski definition) is 0. The quantitative estimate of drug-likeness (QED) is 0.373. The van der Waals surface area contributed by atoms with Crippen LogP contribution in [0.1, 0.15) is 40.0 Å². The van der Waals surface area contributed by atoms with Crippen LogP contribution < -0.4 is 5.56 Å². The van der Waals surface area contributed by atoms with Gasteiger partial charge < -0.3 is 9.64 Å². The number of nitrogens with zero attached hydrogens (tertiary/aromatic N) is 3. The Bertz CT molecular complexity index is 896. The lowest BCUT2D eigenvalue weighted by molar-refractivity contribution is -0.130. The number of carbonyl (C=O) groups is 1. The van der Waals surface area contributed by atoms with Crippen molar-refractivity contribution in [2.24, 2.45) is 5.92 Å². The van der Waals surface area contributed by atoms with Crippen molar-refractivity contribution >= 4 is 28.6 Å². The van der Waals surface area contributed by atoms with E-state index in [1.807, 2.05) is 36.9 Å². The minimum Gasteiger partial charge on any atom is -0.379 e. The van der Waals surface area contributed by atoms with Gasteiger partial charge in [0.25, 0.3) is 5.56 Å². The monoisotopic (exact) mass is 417 g/mol. The molecule has 158 valence electrons. The van der Waals surface area contributed by atoms with E-state index in [2.05, 4.69) is 6.92 Å². The summed E-state index contributed by atoms with van der Waals surface area (Å²) in [5.74, 6) is 0.981. The fourth-order valence-electron chi connectivity index (χ4n) is 3.63. The standard InChI is InChI=1S/C22H31N3O3S/c1-16(2)28-13-7-12-25-21(27)18-9-4-5-10-19(18)23-22(25)29-15-20(26)24-11-6-8-17(3)14-24/h4-5,9-10,16-17H,6-8,11-15H2,1-3H3. The average Bonchev–Trinajstić information content (AvgIpc) is 2.70. The van der Waals surface area contributed by atoms with Crippen molar-refractivity contribution in [3.8, 4) is 0 Å². The molecule has 1 atom stereocenters. The van der Waals surface area contributed by atoms with Crippen molar-refractivity contribution in [2.45, 2.75) is 57.8 Å². The number of likely N-dealkylation sites (tertiary alicyclic amines) is 1. The van der Waals surface area contributed by atoms with Crippen molar-refractivity contribution in [3.63, 3.8) is 0 Å². The summed E-state index contributed by atoms with van der Waals surface area (Å²) in [7, 11) is 0. The van der Waals surface area contributed by atoms with Gasteiger partial charge in [-0.15, -0.1) is 0 Å². The lowest BCUT2D eigenvalue weighted by Crippen LogP contribution is -2.40. The van der Waals surface area contributed by atoms with Crippen molar-refractivity contribution in [3.05, 3.63) is 34.6 Å². The first-order chi connectivity index (χ1) is 14.0. The van der Waals surface area contributed by atoms with Gasteiger partial charge >= 0.3 is 0 Å². The smallest absolute Gasteiger partial charge is 0.262 e. The van der Waals surface area contributed by atoms with E-state index in [1.165, 1.54) is 18.2 Å². The highest BCUT2D eigenvalue weighted by atomic mass is 32.2. The van der Waals surface area contributed by atoms with Crippen LogP contribution in [0.5, 0.6) is 0 Å². The highest BCUT2D eigenvalue weighted by Crippen LogP contribution is 2.21. The van der Waals surface area contributed by atoms with Crippen molar-refractivity contribution in [1.82, 2.24) is 14.5 Å². The van der Waals surface area contributed by atoms with Crippen LogP contribution in [0.4, 0.5) is 0 Å². The minimum atomic E-state index is -0.0540. The van der Waals surface area contributed by atoms with Gasteiger partial charge in [-0.2, -0.15) is 0 Å². The maximum Gasteiger partial charge on any atom is 0.262 e. The number of aromatic nitrogens is 2. The number of rotatable bonds is 8. The molecule has 0 saturated carbocycles. The van der Waals surface area contributed by atoms with Gasteiger partial charge in [0.2, 0.25) is 5.91 Å². The molecule has 1 aliphatic rings. The fraction of sp³-hybridized carbons (Fsp3) is 0.591. The topological polar surface area (TPSA) is 64.4 Å². The molecule has 1 aromatic heterocycles. The van der Waals surface area contributed by atoms with Crippen LogP contribution in [0.3, 0.4) is 0 Å². The number of para-hydroxylation sites is 1. The largest absolute Gasteiger partial charge is 0.379 e. The van der Waals surface area contributed by atoms with Crippen LogP contribution in [-0.2, 0) is 16.1 Å². The molecular formula is C22H31N3O3S. The number of fused-ring (bicyclic) bond motifs is 1. The normalized spacial score (nSPS) is 17.2. The van der Waals surface area contributed by atoms with Gasteiger partial charge in [-0.1, -0.05) is 30.8 Å². The molecule has 0 N–H and O–H groups in total. The summed E-state index contributed by atoms with van der Waals surface area (Å²) in [6, 6.07) is 7.39. The van der Waals surface area contributed by atoms with E-state index in [4.69, 9.17) is 9.72 Å². The second-order valence-corrected chi connectivity index (χ2v) is 8.96. The van der Waals surface area contributed by atoms with Gasteiger partial charge in [0.05, 0.1) is 22.8 Å². The molecule has 0 radical (unpaired) electrons. The van der Waals surface area contributed by atoms with Crippen molar-refractivity contribution in [1.29, 1.82) is 0 Å². The average molecular weight is 418 g/mol. The van der Waals surface area contributed by atoms with Crippen LogP contribution in [0.25, 0.3) is 10.9 Å². The molecule has 1 fully saturated rings. The molecule has 0 spiro atoms. The van der Waals surface area contributed by atoms with E-state index in [9.17, 15) is 9.59 Å². The van der Waals surface area contributed by atoms with Gasteiger partial charge in [-0.3, -0.25) is 14.2 Å². The summed E-state index contributed by atoms with van der Waals surface area (Å²) in [6.07, 6.45) is 3.14. The summed E-state index contributed by atoms with van der Waals surface area (Å²) < 4.78 is 7.31. The summed E-state index contributed by atoms with van der Waals surface area (Å²) in [5, 5.41) is 1.22. The van der Waals surface area contributed by atoms with E-state index in [-0.39, 0.29) is 17.6 Å². The summed E-state index contributed by atoms with van der Waals surface area (Å²) in [6.45, 7) is 8.95. The number of thioether (sulfide) groups is 1. The van der Waals surface area contributed by atoms with E-state index >= 15 is 0 Å². The molecule has 0 aliphatic carbocycles. The zero-order valence-corrected chi connectivity index (χ0v) is 18.4. The predicted octanol–water partition coefficient (Wildman–Crippen LogP) is 3.56. The number of amides is 1. The van der Waals surface area contributed by atoms with Gasteiger partial charge in [0.15, 0.2) is 5.16 Å². The predicted molar refractivity (Wildman–Crippen MR) is 117 cm³/mol. The summed E-state index contributed by atoms with van der Waals surface area (Å²) in [4.78, 5) is 32.4. The third-order valence-electron chi connectivity index (χ3n) is 5.14. The SMILES string of the molecule is CC1CCCN(C(=O)CSc2nc3ccccc3c(=O)n2CCCOC(C)C)C1. The summed E-state index contributed by atoms with van der Waals surface area (Å²) >= 11 is 1.36. The Hall–Kier alpha value is -1.86. The number of carbonyl (C=O) groups excluding carboxylic acids is 1. The van der Waals surface area contributed by atoms with Crippen LogP contribution in [-0.4, -0.2) is 51.9 Å². The molecule has 1 unspecified atom stereocenters. The van der Waals surface area contributed by atoms with Gasteiger partial charge in [-0.25, -0.2) is 4.98 Å². The molecule has 1 aromatic carbocycles. The summed E-state index contributed by atoms with van der Waals surface area (Å²) in [5.41, 5.74) is 0.621. The first-order valence-corrected chi connectivity index (χ1v) is 11.5. The third-order valence-corrected chi connectivity index (χ3v) is 6.10. The van der Waals surface area contributed by atoms with Crippen molar-refractivity contribution in [2.75, 3.05) is 25.4 Å². The van der Waals surface area contributed by atoms with Crippen LogP contribution in [0, 0.1) is 5.92 Å². The van der Waals surface area contributed by atoms with Crippen LogP contribution in [0.2, 0.25) is 0 Å². The fourth-order valence-corrected chi connectivity index (χ4v) is 4.56. The molecule has 7 heteroatoms. The Morgan fingerprint density at radius 2 is 2.14 bits per heavy atom. The first-order valence-electron chi connectivity index (χ1n) is 10.5. The Morgan fingerprint density at radius 1 is 1.34 bits per heavy atom. The van der Waals surface area contributed by atoms with E-state index in [0.29, 0.717) is 40.9 Å². The second kappa shape index (κ2) is 10.3. The Morgan fingerprint density at radius 3 is 2.90 bits per heavy atom. The number of benzene rings is 1. The molecule has 1 aliphatic heterocycles.